The van der Waals surface area contributed by atoms with Crippen LogP contribution in [0.15, 0.2) is 52.3 Å². The Kier molecular flexibility index (Phi) is 5.84. The van der Waals surface area contributed by atoms with Crippen molar-refractivity contribution in [2.45, 2.75) is 19.5 Å². The number of halogens is 2. The third kappa shape index (κ3) is 3.84. The number of hydrogen-bond acceptors (Lipinski definition) is 5. The average molecular weight is 474 g/mol. The Morgan fingerprint density at radius 2 is 2.20 bits per heavy atom. The number of nitrogens with one attached hydrogen (secondary N) is 1. The van der Waals surface area contributed by atoms with Gasteiger partial charge >= 0.3 is 5.97 Å². The second-order valence-electron chi connectivity index (χ2n) is 7.81. The quantitative estimate of drug-likeness (QED) is 0.671. The van der Waals surface area contributed by atoms with Crippen LogP contribution in [0.2, 0.25) is 0 Å². The van der Waals surface area contributed by atoms with E-state index in [1.165, 1.54) is 24.4 Å². The fourth-order valence-corrected chi connectivity index (χ4v) is 4.76. The van der Waals surface area contributed by atoms with Gasteiger partial charge in [-0.05, 0) is 55.0 Å². The Hall–Kier alpha value is -2.38. The number of fused-ring (bicyclic) bond motifs is 1. The molecule has 0 aromatic heterocycles. The third-order valence-electron chi connectivity index (χ3n) is 5.93. The van der Waals surface area contributed by atoms with Crippen LogP contribution in [-0.4, -0.2) is 55.7 Å². The molecule has 1 aromatic carbocycles. The smallest absolute Gasteiger partial charge is 0.337 e. The molecule has 3 aliphatic rings. The normalized spacial score (nSPS) is 21.2. The third-order valence-corrected chi connectivity index (χ3v) is 6.65. The number of likely N-dealkylation sites (N-methyl/N-ethyl adjacent to an activating group) is 1. The highest BCUT2D eigenvalue weighted by Crippen LogP contribution is 2.33. The van der Waals surface area contributed by atoms with E-state index >= 15 is 0 Å². The van der Waals surface area contributed by atoms with Gasteiger partial charge in [-0.25, -0.2) is 9.18 Å². The lowest BCUT2D eigenvalue weighted by molar-refractivity contribution is 0.0600. The number of esters is 1. The number of methoxy groups -OCH3 is 1. The first kappa shape index (κ1) is 20.9. The molecule has 0 amide bonds. The van der Waals surface area contributed by atoms with Crippen LogP contribution < -0.4 is 5.32 Å². The van der Waals surface area contributed by atoms with E-state index in [0.717, 1.165) is 41.7 Å². The molecule has 30 heavy (non-hydrogen) atoms. The van der Waals surface area contributed by atoms with Crippen molar-refractivity contribution in [3.63, 3.8) is 0 Å². The highest BCUT2D eigenvalue weighted by Gasteiger charge is 2.30. The first-order valence-electron chi connectivity index (χ1n) is 9.95. The number of hydrogen-bond donors (Lipinski definition) is 1. The van der Waals surface area contributed by atoms with Crippen LogP contribution in [-0.2, 0) is 4.74 Å². The molecular weight excluding hydrogens is 449 g/mol. The molecule has 0 aliphatic carbocycles. The summed E-state index contributed by atoms with van der Waals surface area (Å²) in [5, 5.41) is 3.39. The summed E-state index contributed by atoms with van der Waals surface area (Å²) in [5.74, 6) is -0.888. The summed E-state index contributed by atoms with van der Waals surface area (Å²) in [5.41, 5.74) is 5.10. The molecule has 5 nitrogen and oxygen atoms in total. The Labute approximate surface area is 184 Å². The monoisotopic (exact) mass is 473 g/mol. The van der Waals surface area contributed by atoms with E-state index in [1.807, 2.05) is 19.2 Å². The zero-order chi connectivity index (χ0) is 21.4. The summed E-state index contributed by atoms with van der Waals surface area (Å²) in [4.78, 5) is 16.3. The second-order valence-corrected chi connectivity index (χ2v) is 8.66. The van der Waals surface area contributed by atoms with Crippen molar-refractivity contribution in [3.8, 4) is 0 Å². The Balaban J connectivity index is 1.48. The molecule has 0 bridgehead atoms. The van der Waals surface area contributed by atoms with Crippen molar-refractivity contribution in [2.75, 3.05) is 33.8 Å². The maximum Gasteiger partial charge on any atom is 0.337 e. The minimum atomic E-state index is -0.520. The fourth-order valence-electron chi connectivity index (χ4n) is 4.30. The van der Waals surface area contributed by atoms with Crippen molar-refractivity contribution in [3.05, 3.63) is 74.8 Å². The minimum Gasteiger partial charge on any atom is -0.465 e. The molecule has 1 unspecified atom stereocenters. The van der Waals surface area contributed by atoms with Gasteiger partial charge in [0, 0.05) is 48.0 Å². The largest absolute Gasteiger partial charge is 0.465 e. The summed E-state index contributed by atoms with van der Waals surface area (Å²) >= 11 is 3.64. The first-order valence-corrected chi connectivity index (χ1v) is 10.7. The number of carbonyl (C=O) groups excluding carboxylic acids is 1. The Morgan fingerprint density at radius 3 is 2.83 bits per heavy atom. The van der Waals surface area contributed by atoms with E-state index in [0.29, 0.717) is 5.56 Å². The lowest BCUT2D eigenvalue weighted by atomic mass is 9.93. The molecule has 0 saturated carbocycles. The van der Waals surface area contributed by atoms with Crippen LogP contribution in [0.1, 0.15) is 27.9 Å². The van der Waals surface area contributed by atoms with Crippen LogP contribution >= 0.6 is 15.9 Å². The summed E-state index contributed by atoms with van der Waals surface area (Å²) in [7, 11) is 3.40. The lowest BCUT2D eigenvalue weighted by Gasteiger charge is -2.32. The topological polar surface area (TPSA) is 44.8 Å². The molecule has 0 saturated heterocycles. The molecule has 0 radical (unpaired) electrons. The van der Waals surface area contributed by atoms with Crippen molar-refractivity contribution in [1.82, 2.24) is 15.1 Å². The lowest BCUT2D eigenvalue weighted by Crippen LogP contribution is -2.41. The van der Waals surface area contributed by atoms with Crippen LogP contribution in [0.3, 0.4) is 0 Å². The van der Waals surface area contributed by atoms with Crippen molar-refractivity contribution < 1.29 is 13.9 Å². The number of benzene rings is 1. The first-order chi connectivity index (χ1) is 14.4. The average Bonchev–Trinajstić information content (AvgIpc) is 3.05. The van der Waals surface area contributed by atoms with Crippen LogP contribution in [0, 0.1) is 12.7 Å². The maximum absolute atomic E-state index is 14.8. The molecule has 3 heterocycles. The van der Waals surface area contributed by atoms with Crippen molar-refractivity contribution in [1.29, 1.82) is 0 Å². The van der Waals surface area contributed by atoms with Gasteiger partial charge in [-0.1, -0.05) is 22.0 Å². The summed E-state index contributed by atoms with van der Waals surface area (Å²) in [6, 6.07) is 2.97. The van der Waals surface area contributed by atoms with Gasteiger partial charge in [-0.2, -0.15) is 0 Å². The number of carbonyl (C=O) groups is 1. The van der Waals surface area contributed by atoms with E-state index in [9.17, 15) is 9.18 Å². The van der Waals surface area contributed by atoms with Crippen molar-refractivity contribution >= 4 is 27.5 Å². The predicted octanol–water partition coefficient (Wildman–Crippen LogP) is 3.93. The van der Waals surface area contributed by atoms with E-state index in [2.05, 4.69) is 50.2 Å². The van der Waals surface area contributed by atoms with Gasteiger partial charge in [0.1, 0.15) is 12.0 Å². The number of rotatable bonds is 4. The molecule has 0 spiro atoms. The number of ether oxygens (including phenoxy) is 1. The number of nitrogens with zero attached hydrogens (tertiary/aromatic N) is 2. The molecule has 158 valence electrons. The minimum absolute atomic E-state index is 0.167. The van der Waals surface area contributed by atoms with Gasteiger partial charge in [-0.15, -0.1) is 0 Å². The highest BCUT2D eigenvalue weighted by atomic mass is 79.9. The molecule has 4 rings (SSSR count). The fraction of sp³-hybridized carbons (Fsp3) is 0.348. The Bertz CT molecular complexity index is 989. The van der Waals surface area contributed by atoms with E-state index in [1.54, 1.807) is 6.07 Å². The van der Waals surface area contributed by atoms with Crippen LogP contribution in [0.25, 0.3) is 5.57 Å². The van der Waals surface area contributed by atoms with Gasteiger partial charge in [0.25, 0.3) is 0 Å². The molecule has 3 aliphatic heterocycles. The number of aryl methyl sites for hydroxylation is 1. The molecule has 7 heteroatoms. The SMILES string of the molecule is COC(=O)c1cc(C)c(C2=CCN(CC3=CC4=C(Br)C=CNC4N3C)CC2)c(F)c1. The number of dihydropyridines is 1. The molecular formula is C23H25BrFN3O2. The standard InChI is InChI=1S/C23H25BrFN3O2/c1-14-10-16(23(29)30-3)11-20(25)21(14)15-5-8-28(9-6-15)13-17-12-18-19(24)4-7-26-22(18)27(17)2/h4-5,7,10-12,22,26H,6,8-9,13H2,1-3H3. The van der Waals surface area contributed by atoms with Gasteiger partial charge in [-0.3, -0.25) is 4.90 Å². The van der Waals surface area contributed by atoms with Crippen molar-refractivity contribution in [2.24, 2.45) is 0 Å². The van der Waals surface area contributed by atoms with E-state index < -0.39 is 5.97 Å². The van der Waals surface area contributed by atoms with Gasteiger partial charge in [0.2, 0.25) is 0 Å². The number of allylic oxidation sites excluding steroid dienone is 2. The molecule has 1 aromatic rings. The highest BCUT2D eigenvalue weighted by molar-refractivity contribution is 9.11. The van der Waals surface area contributed by atoms with Crippen LogP contribution in [0.5, 0.6) is 0 Å². The van der Waals surface area contributed by atoms with Gasteiger partial charge < -0.3 is 15.0 Å². The van der Waals surface area contributed by atoms with Gasteiger partial charge in [0.15, 0.2) is 0 Å². The van der Waals surface area contributed by atoms with E-state index in [-0.39, 0.29) is 17.5 Å². The Morgan fingerprint density at radius 1 is 1.40 bits per heavy atom. The summed E-state index contributed by atoms with van der Waals surface area (Å²) in [6.07, 6.45) is 9.26. The predicted molar refractivity (Wildman–Crippen MR) is 119 cm³/mol. The maximum atomic E-state index is 14.8. The summed E-state index contributed by atoms with van der Waals surface area (Å²) in [6.45, 7) is 4.29. The zero-order valence-electron chi connectivity index (χ0n) is 17.3. The zero-order valence-corrected chi connectivity index (χ0v) is 18.9. The van der Waals surface area contributed by atoms with Gasteiger partial charge in [0.05, 0.1) is 12.7 Å². The van der Waals surface area contributed by atoms with E-state index in [4.69, 9.17) is 4.74 Å². The van der Waals surface area contributed by atoms with Crippen LogP contribution in [0.4, 0.5) is 4.39 Å². The molecule has 1 N–H and O–H groups in total. The molecule has 1 atom stereocenters. The second kappa shape index (κ2) is 8.40. The molecule has 0 fully saturated rings. The summed E-state index contributed by atoms with van der Waals surface area (Å²) < 4.78 is 20.6.